The Morgan fingerprint density at radius 2 is 1.84 bits per heavy atom. The summed E-state index contributed by atoms with van der Waals surface area (Å²) in [5, 5.41) is 19.8. The van der Waals surface area contributed by atoms with Crippen molar-refractivity contribution in [3.05, 3.63) is 114 Å². The largest absolute Gasteiger partial charge is 0.506 e. The highest BCUT2D eigenvalue weighted by atomic mass is 16.3. The van der Waals surface area contributed by atoms with Crippen molar-refractivity contribution in [3.63, 3.8) is 0 Å². The third-order valence-electron chi connectivity index (χ3n) is 5.81. The first-order chi connectivity index (χ1) is 15.1. The smallest absolute Gasteiger partial charge is 0.138 e. The molecule has 3 aromatic rings. The van der Waals surface area contributed by atoms with Gasteiger partial charge in [0.25, 0.3) is 0 Å². The van der Waals surface area contributed by atoms with Gasteiger partial charge in [-0.15, -0.1) is 0 Å². The highest BCUT2D eigenvalue weighted by Crippen LogP contribution is 2.40. The molecule has 3 heteroatoms. The Hall–Kier alpha value is -3.59. The Balaban J connectivity index is 1.78. The quantitative estimate of drug-likeness (QED) is 0.346. The van der Waals surface area contributed by atoms with E-state index in [0.717, 1.165) is 17.7 Å². The van der Waals surface area contributed by atoms with Crippen molar-refractivity contribution in [2.24, 2.45) is 5.10 Å². The van der Waals surface area contributed by atoms with E-state index in [1.54, 1.807) is 6.08 Å². The Kier molecular flexibility index (Phi) is 6.03. The summed E-state index contributed by atoms with van der Waals surface area (Å²) in [7, 11) is 0. The standard InChI is InChI=1S/C28H28N2O/c1-4-6-14-28(31)26-19-27(25-13-9-11-23-10-7-8-12-24(23)25)30(29-26)20(3)22-17-15-21(5-2)16-18-22/h4,6-18,27,31H,3,5,19H2,1-2H3/b6-4-,28-14-. The second-order valence-corrected chi connectivity index (χ2v) is 7.75. The van der Waals surface area contributed by atoms with Gasteiger partial charge in [-0.05, 0) is 46.9 Å². The summed E-state index contributed by atoms with van der Waals surface area (Å²) >= 11 is 0. The molecule has 0 fully saturated rings. The van der Waals surface area contributed by atoms with Crippen LogP contribution in [0, 0.1) is 0 Å². The van der Waals surface area contributed by atoms with Crippen LogP contribution in [0.2, 0.25) is 0 Å². The monoisotopic (exact) mass is 408 g/mol. The van der Waals surface area contributed by atoms with Gasteiger partial charge in [0.15, 0.2) is 0 Å². The number of aliphatic hydroxyl groups excluding tert-OH is 1. The fourth-order valence-electron chi connectivity index (χ4n) is 4.05. The number of benzene rings is 3. The second kappa shape index (κ2) is 9.05. The Bertz CT molecular complexity index is 1180. The molecule has 156 valence electrons. The molecule has 1 aliphatic heterocycles. The van der Waals surface area contributed by atoms with Crippen molar-refractivity contribution in [1.29, 1.82) is 0 Å². The predicted molar refractivity (Wildman–Crippen MR) is 131 cm³/mol. The van der Waals surface area contributed by atoms with Crippen molar-refractivity contribution in [2.45, 2.75) is 32.7 Å². The molecule has 1 unspecified atom stereocenters. The molecule has 0 amide bonds. The molecule has 0 saturated heterocycles. The Morgan fingerprint density at radius 1 is 1.10 bits per heavy atom. The van der Waals surface area contributed by atoms with Crippen molar-refractivity contribution >= 4 is 22.2 Å². The fraction of sp³-hybridized carbons (Fsp3) is 0.179. The average Bonchev–Trinajstić information content (AvgIpc) is 3.27. The molecular formula is C28H28N2O. The van der Waals surface area contributed by atoms with E-state index < -0.39 is 0 Å². The molecule has 0 saturated carbocycles. The van der Waals surface area contributed by atoms with E-state index in [4.69, 9.17) is 5.10 Å². The van der Waals surface area contributed by atoms with Crippen molar-refractivity contribution in [1.82, 2.24) is 5.01 Å². The molecule has 0 radical (unpaired) electrons. The van der Waals surface area contributed by atoms with Crippen LogP contribution in [0.5, 0.6) is 0 Å². The maximum Gasteiger partial charge on any atom is 0.138 e. The van der Waals surface area contributed by atoms with Gasteiger partial charge in [0.2, 0.25) is 0 Å². The molecule has 0 bridgehead atoms. The lowest BCUT2D eigenvalue weighted by molar-refractivity contribution is 0.352. The minimum atomic E-state index is -0.0411. The van der Waals surface area contributed by atoms with Gasteiger partial charge >= 0.3 is 0 Å². The Labute approximate surface area is 184 Å². The molecule has 0 spiro atoms. The molecule has 0 aromatic heterocycles. The number of hydrazone groups is 1. The van der Waals surface area contributed by atoms with Crippen LogP contribution < -0.4 is 0 Å². The summed E-state index contributed by atoms with van der Waals surface area (Å²) in [4.78, 5) is 0. The van der Waals surface area contributed by atoms with Crippen LogP contribution in [0.3, 0.4) is 0 Å². The van der Waals surface area contributed by atoms with Crippen molar-refractivity contribution in [3.8, 4) is 0 Å². The lowest BCUT2D eigenvalue weighted by Gasteiger charge is -2.27. The molecular weight excluding hydrogens is 380 g/mol. The zero-order valence-corrected chi connectivity index (χ0v) is 18.1. The summed E-state index contributed by atoms with van der Waals surface area (Å²) in [5.41, 5.74) is 5.00. The van der Waals surface area contributed by atoms with Crippen molar-refractivity contribution < 1.29 is 5.11 Å². The number of hydrogen-bond donors (Lipinski definition) is 1. The minimum absolute atomic E-state index is 0.0411. The van der Waals surface area contributed by atoms with Crippen molar-refractivity contribution in [2.75, 3.05) is 0 Å². The Morgan fingerprint density at radius 3 is 2.58 bits per heavy atom. The summed E-state index contributed by atoms with van der Waals surface area (Å²) in [6, 6.07) is 23.2. The van der Waals surface area contributed by atoms with E-state index in [0.29, 0.717) is 12.1 Å². The van der Waals surface area contributed by atoms with Gasteiger partial charge in [-0.25, -0.2) is 0 Å². The van der Waals surface area contributed by atoms with Gasteiger partial charge in [0, 0.05) is 6.42 Å². The average molecular weight is 409 g/mol. The van der Waals surface area contributed by atoms with Gasteiger partial charge in [-0.3, -0.25) is 5.01 Å². The second-order valence-electron chi connectivity index (χ2n) is 7.75. The summed E-state index contributed by atoms with van der Waals surface area (Å²) < 4.78 is 0. The van der Waals surface area contributed by atoms with Crippen LogP contribution in [0.25, 0.3) is 16.5 Å². The van der Waals surface area contributed by atoms with Crippen LogP contribution in [0.4, 0.5) is 0 Å². The SMILES string of the molecule is C=C(c1ccc(CC)cc1)N1N=C(/C(O)=C/C=C\C)CC1c1cccc2ccccc12. The van der Waals surface area contributed by atoms with Gasteiger partial charge < -0.3 is 5.11 Å². The molecule has 1 N–H and O–H groups in total. The number of rotatable bonds is 6. The zero-order chi connectivity index (χ0) is 21.8. The summed E-state index contributed by atoms with van der Waals surface area (Å²) in [6.07, 6.45) is 7.02. The van der Waals surface area contributed by atoms with E-state index in [-0.39, 0.29) is 11.8 Å². The topological polar surface area (TPSA) is 35.8 Å². The van der Waals surface area contributed by atoms with Crippen LogP contribution in [-0.4, -0.2) is 15.8 Å². The molecule has 4 rings (SSSR count). The number of aryl methyl sites for hydroxylation is 1. The fourth-order valence-corrected chi connectivity index (χ4v) is 4.05. The van der Waals surface area contributed by atoms with E-state index in [1.165, 1.54) is 21.9 Å². The molecule has 31 heavy (non-hydrogen) atoms. The lowest BCUT2D eigenvalue weighted by Crippen LogP contribution is -2.18. The van der Waals surface area contributed by atoms with Gasteiger partial charge in [0.1, 0.15) is 11.5 Å². The molecule has 3 aromatic carbocycles. The summed E-state index contributed by atoms with van der Waals surface area (Å²) in [6.45, 7) is 8.45. The highest BCUT2D eigenvalue weighted by molar-refractivity contribution is 6.01. The van der Waals surface area contributed by atoms with Gasteiger partial charge in [-0.1, -0.05) is 92.4 Å². The number of allylic oxidation sites excluding steroid dienone is 4. The third-order valence-corrected chi connectivity index (χ3v) is 5.81. The molecule has 1 heterocycles. The first-order valence-electron chi connectivity index (χ1n) is 10.8. The number of fused-ring (bicyclic) bond motifs is 1. The first-order valence-corrected chi connectivity index (χ1v) is 10.8. The van der Waals surface area contributed by atoms with Gasteiger partial charge in [-0.2, -0.15) is 5.10 Å². The van der Waals surface area contributed by atoms with Crippen LogP contribution in [0.1, 0.15) is 43.0 Å². The molecule has 1 aliphatic rings. The number of hydrogen-bond acceptors (Lipinski definition) is 3. The van der Waals surface area contributed by atoms with E-state index in [9.17, 15) is 5.11 Å². The van der Waals surface area contributed by atoms with Gasteiger partial charge in [0.05, 0.1) is 11.7 Å². The van der Waals surface area contributed by atoms with E-state index >= 15 is 0 Å². The highest BCUT2D eigenvalue weighted by Gasteiger charge is 2.32. The maximum atomic E-state index is 10.6. The van der Waals surface area contributed by atoms with E-state index in [2.05, 4.69) is 80.2 Å². The van der Waals surface area contributed by atoms with Crippen LogP contribution >= 0.6 is 0 Å². The first kappa shape index (κ1) is 20.7. The molecule has 3 nitrogen and oxygen atoms in total. The summed E-state index contributed by atoms with van der Waals surface area (Å²) in [5.74, 6) is 0.194. The van der Waals surface area contributed by atoms with Crippen LogP contribution in [0.15, 0.2) is 102 Å². The predicted octanol–water partition coefficient (Wildman–Crippen LogP) is 7.19. The maximum absolute atomic E-state index is 10.6. The normalized spacial score (nSPS) is 16.8. The number of nitrogens with zero attached hydrogens (tertiary/aromatic N) is 2. The van der Waals surface area contributed by atoms with Crippen LogP contribution in [-0.2, 0) is 6.42 Å². The molecule has 1 atom stereocenters. The lowest BCUT2D eigenvalue weighted by atomic mass is 9.94. The van der Waals surface area contributed by atoms with E-state index in [1.807, 2.05) is 24.1 Å². The molecule has 0 aliphatic carbocycles. The third kappa shape index (κ3) is 4.17. The zero-order valence-electron chi connectivity index (χ0n) is 18.1. The minimum Gasteiger partial charge on any atom is -0.506 e. The number of aliphatic hydroxyl groups is 1.